The van der Waals surface area contributed by atoms with E-state index in [0.717, 1.165) is 0 Å². The van der Waals surface area contributed by atoms with Crippen LogP contribution in [0.15, 0.2) is 133 Å². The maximum atomic E-state index is 2.56. The van der Waals surface area contributed by atoms with E-state index in [4.69, 9.17) is 0 Å². The first kappa shape index (κ1) is 35.8. The van der Waals surface area contributed by atoms with Gasteiger partial charge in [-0.25, -0.2) is 0 Å². The van der Waals surface area contributed by atoms with E-state index in [1.807, 2.05) is 0 Å². The molecule has 0 unspecified atom stereocenters. The monoisotopic (exact) mass is 728 g/mol. The van der Waals surface area contributed by atoms with Gasteiger partial charge in [0.25, 0.3) is 0 Å². The van der Waals surface area contributed by atoms with Crippen molar-refractivity contribution in [2.24, 2.45) is 0 Å². The van der Waals surface area contributed by atoms with Crippen molar-refractivity contribution < 1.29 is 0 Å². The summed E-state index contributed by atoms with van der Waals surface area (Å²) in [6.45, 7) is 23.0. The van der Waals surface area contributed by atoms with E-state index in [2.05, 4.69) is 212 Å². The molecule has 2 heteroatoms. The summed E-state index contributed by atoms with van der Waals surface area (Å²) in [7, 11) is 0. The van der Waals surface area contributed by atoms with Gasteiger partial charge < -0.3 is 9.80 Å². The Morgan fingerprint density at radius 2 is 0.732 bits per heavy atom. The quantitative estimate of drug-likeness (QED) is 0.168. The van der Waals surface area contributed by atoms with Gasteiger partial charge in [-0.3, -0.25) is 0 Å². The molecule has 0 saturated carbocycles. The molecule has 0 heterocycles. The van der Waals surface area contributed by atoms with Crippen molar-refractivity contribution in [3.63, 3.8) is 0 Å². The molecule has 0 spiro atoms. The first-order valence-corrected chi connectivity index (χ1v) is 20.1. The van der Waals surface area contributed by atoms with Gasteiger partial charge in [-0.05, 0) is 176 Å². The number of rotatable bonds is 6. The Kier molecular flexibility index (Phi) is 8.22. The second kappa shape index (κ2) is 12.8. The van der Waals surface area contributed by atoms with Gasteiger partial charge in [-0.2, -0.15) is 0 Å². The van der Waals surface area contributed by atoms with Crippen LogP contribution < -0.4 is 9.80 Å². The van der Waals surface area contributed by atoms with Crippen molar-refractivity contribution in [1.29, 1.82) is 0 Å². The van der Waals surface area contributed by atoms with E-state index in [1.54, 1.807) is 0 Å². The molecule has 9 rings (SSSR count). The number of benzene rings is 7. The van der Waals surface area contributed by atoms with Gasteiger partial charge in [0, 0.05) is 45.0 Å². The van der Waals surface area contributed by atoms with E-state index in [0.29, 0.717) is 0 Å². The smallest absolute Gasteiger partial charge is 0.0467 e. The summed E-state index contributed by atoms with van der Waals surface area (Å²) >= 11 is 0. The normalized spacial score (nSPS) is 14.2. The molecule has 56 heavy (non-hydrogen) atoms. The average Bonchev–Trinajstić information content (AvgIpc) is 3.54. The molecule has 0 aliphatic heterocycles. The Balaban J connectivity index is 1.18. The third-order valence-electron chi connectivity index (χ3n) is 12.8. The summed E-state index contributed by atoms with van der Waals surface area (Å²) in [5.74, 6) is 0. The second-order valence-electron chi connectivity index (χ2n) is 17.5. The number of hydrogen-bond acceptors (Lipinski definition) is 2. The van der Waals surface area contributed by atoms with E-state index < -0.39 is 0 Å². The summed E-state index contributed by atoms with van der Waals surface area (Å²) in [5.41, 5.74) is 25.7. The average molecular weight is 729 g/mol. The van der Waals surface area contributed by atoms with Crippen LogP contribution in [0.1, 0.15) is 83.3 Å². The van der Waals surface area contributed by atoms with Crippen molar-refractivity contribution >= 4 is 34.1 Å². The minimum Gasteiger partial charge on any atom is -0.310 e. The Morgan fingerprint density at radius 3 is 1.20 bits per heavy atom. The van der Waals surface area contributed by atoms with Crippen molar-refractivity contribution in [1.82, 2.24) is 0 Å². The molecule has 2 aliphatic carbocycles. The number of fused-ring (bicyclic) bond motifs is 6. The predicted octanol–water partition coefficient (Wildman–Crippen LogP) is 15.1. The van der Waals surface area contributed by atoms with E-state index in [9.17, 15) is 0 Å². The van der Waals surface area contributed by atoms with Gasteiger partial charge in [-0.15, -0.1) is 0 Å². The molecule has 7 aromatic rings. The molecule has 0 saturated heterocycles. The highest BCUT2D eigenvalue weighted by Gasteiger charge is 2.44. The molecular formula is C54H52N2. The van der Waals surface area contributed by atoms with Crippen LogP contribution in [0, 0.1) is 41.5 Å². The molecular weight excluding hydrogens is 677 g/mol. The maximum absolute atomic E-state index is 2.56. The molecule has 2 aliphatic rings. The molecule has 0 radical (unpaired) electrons. The number of anilines is 6. The highest BCUT2D eigenvalue weighted by Crippen LogP contribution is 2.60. The Labute approximate surface area is 334 Å². The Bertz CT molecular complexity index is 2570. The fourth-order valence-electron chi connectivity index (χ4n) is 9.76. The van der Waals surface area contributed by atoms with Crippen LogP contribution in [-0.4, -0.2) is 0 Å². The topological polar surface area (TPSA) is 6.48 Å². The predicted molar refractivity (Wildman–Crippen MR) is 239 cm³/mol. The van der Waals surface area contributed by atoms with Crippen LogP contribution >= 0.6 is 0 Å². The summed E-state index contributed by atoms with van der Waals surface area (Å²) in [6.07, 6.45) is 0. The molecule has 0 bridgehead atoms. The van der Waals surface area contributed by atoms with E-state index >= 15 is 0 Å². The minimum atomic E-state index is -0.183. The largest absolute Gasteiger partial charge is 0.310 e. The molecule has 0 fully saturated rings. The highest BCUT2D eigenvalue weighted by atomic mass is 15.1. The summed E-state index contributed by atoms with van der Waals surface area (Å²) in [5, 5.41) is 0. The van der Waals surface area contributed by atoms with Crippen LogP contribution in [0.4, 0.5) is 34.1 Å². The molecule has 0 atom stereocenters. The van der Waals surface area contributed by atoms with Crippen molar-refractivity contribution in [2.45, 2.75) is 80.1 Å². The zero-order valence-electron chi connectivity index (χ0n) is 34.6. The van der Waals surface area contributed by atoms with Gasteiger partial charge in [0.2, 0.25) is 0 Å². The van der Waals surface area contributed by atoms with Crippen LogP contribution in [0.25, 0.3) is 22.3 Å². The lowest BCUT2D eigenvalue weighted by Gasteiger charge is -2.29. The molecule has 0 aromatic heterocycles. The summed E-state index contributed by atoms with van der Waals surface area (Å²) in [4.78, 5) is 4.83. The third-order valence-corrected chi connectivity index (χ3v) is 12.8. The standard InChI is InChI=1S/C54H52N2/c1-33-11-19-39(20-12-33)55(40-21-13-34(2)14-22-40)43-27-28-45-47(30-43)53(7,8)49-32-46-50-37(5)29-44(31-48(50)54(9,10)52(46)38(6)51(45)49)56(41-23-15-35(3)16-24-41)42-25-17-36(4)18-26-42/h11-32H,1-10H3. The SMILES string of the molecule is Cc1ccc(N(c2ccc(C)cc2)c2ccc3c(c2)C(C)(C)c2cc4c(c(C)c2-3)C(C)(C)c2cc(N(c3ccc(C)cc3)c3ccc(C)cc3)cc(C)c2-4)cc1. The lowest BCUT2D eigenvalue weighted by molar-refractivity contribution is 0.648. The maximum Gasteiger partial charge on any atom is 0.0467 e. The molecule has 0 N–H and O–H groups in total. The first-order valence-electron chi connectivity index (χ1n) is 20.1. The van der Waals surface area contributed by atoms with Gasteiger partial charge in [-0.1, -0.05) is 105 Å². The zero-order valence-corrected chi connectivity index (χ0v) is 34.6. The minimum absolute atomic E-state index is 0.179. The van der Waals surface area contributed by atoms with Crippen molar-refractivity contribution in [2.75, 3.05) is 9.80 Å². The van der Waals surface area contributed by atoms with Crippen LogP contribution in [0.2, 0.25) is 0 Å². The number of nitrogens with zero attached hydrogens (tertiary/aromatic N) is 2. The van der Waals surface area contributed by atoms with Gasteiger partial charge in [0.15, 0.2) is 0 Å². The van der Waals surface area contributed by atoms with E-state index in [-0.39, 0.29) is 10.8 Å². The fourth-order valence-corrected chi connectivity index (χ4v) is 9.76. The second-order valence-corrected chi connectivity index (χ2v) is 17.5. The molecule has 2 nitrogen and oxygen atoms in total. The summed E-state index contributed by atoms with van der Waals surface area (Å²) in [6, 6.07) is 50.3. The van der Waals surface area contributed by atoms with Crippen molar-refractivity contribution in [3.8, 4) is 22.3 Å². The van der Waals surface area contributed by atoms with Crippen molar-refractivity contribution in [3.05, 3.63) is 189 Å². The molecule has 278 valence electrons. The third kappa shape index (κ3) is 5.53. The van der Waals surface area contributed by atoms with E-state index in [1.165, 1.54) is 112 Å². The Hall–Kier alpha value is -5.86. The lowest BCUT2D eigenvalue weighted by atomic mass is 9.76. The molecule has 7 aromatic carbocycles. The Morgan fingerprint density at radius 1 is 0.339 bits per heavy atom. The lowest BCUT2D eigenvalue weighted by Crippen LogP contribution is -2.19. The fraction of sp³-hybridized carbons (Fsp3) is 0.222. The highest BCUT2D eigenvalue weighted by molar-refractivity contribution is 5.95. The zero-order chi connectivity index (χ0) is 39.3. The van der Waals surface area contributed by atoms with Crippen LogP contribution in [0.5, 0.6) is 0 Å². The van der Waals surface area contributed by atoms with Gasteiger partial charge in [0.1, 0.15) is 0 Å². The molecule has 0 amide bonds. The number of aryl methyl sites for hydroxylation is 5. The van der Waals surface area contributed by atoms with Crippen LogP contribution in [0.3, 0.4) is 0 Å². The van der Waals surface area contributed by atoms with Gasteiger partial charge >= 0.3 is 0 Å². The number of hydrogen-bond donors (Lipinski definition) is 0. The van der Waals surface area contributed by atoms with Gasteiger partial charge in [0.05, 0.1) is 0 Å². The summed E-state index contributed by atoms with van der Waals surface area (Å²) < 4.78 is 0. The van der Waals surface area contributed by atoms with Crippen LogP contribution in [-0.2, 0) is 10.8 Å². The first-order chi connectivity index (χ1) is 26.7.